The third-order valence-corrected chi connectivity index (χ3v) is 5.39. The lowest BCUT2D eigenvalue weighted by molar-refractivity contribution is -0.121. The van der Waals surface area contributed by atoms with Gasteiger partial charge in [-0.05, 0) is 43.4 Å². The molecule has 2 aromatic carbocycles. The number of ether oxygens (including phenoxy) is 1. The molecule has 0 radical (unpaired) electrons. The van der Waals surface area contributed by atoms with Crippen LogP contribution in [0.2, 0.25) is 0 Å². The number of hydrogen-bond donors (Lipinski definition) is 1. The number of hydrogen-bond acceptors (Lipinski definition) is 4. The molecule has 142 valence electrons. The summed E-state index contributed by atoms with van der Waals surface area (Å²) in [4.78, 5) is 16.5. The summed E-state index contributed by atoms with van der Waals surface area (Å²) in [7, 11) is 0. The second-order valence-corrected chi connectivity index (χ2v) is 7.60. The Hall–Kier alpha value is -2.24. The molecule has 0 saturated carbocycles. The van der Waals surface area contributed by atoms with E-state index in [1.807, 2.05) is 36.4 Å². The van der Waals surface area contributed by atoms with Crippen LogP contribution in [0, 0.1) is 0 Å². The van der Waals surface area contributed by atoms with E-state index in [9.17, 15) is 4.79 Å². The predicted octanol–water partition coefficient (Wildman–Crippen LogP) is 4.38. The molecule has 0 aliphatic rings. The van der Waals surface area contributed by atoms with E-state index in [2.05, 4.69) is 28.5 Å². The Bertz CT molecular complexity index is 799. The molecule has 0 saturated heterocycles. The average molecular weight is 383 g/mol. The number of amides is 1. The van der Waals surface area contributed by atoms with Gasteiger partial charge < -0.3 is 10.1 Å². The first kappa shape index (κ1) is 19.5. The van der Waals surface area contributed by atoms with Gasteiger partial charge in [-0.15, -0.1) is 11.3 Å². The van der Waals surface area contributed by atoms with Gasteiger partial charge in [0.15, 0.2) is 0 Å². The number of benzene rings is 2. The van der Waals surface area contributed by atoms with Gasteiger partial charge in [-0.3, -0.25) is 4.79 Å². The van der Waals surface area contributed by atoms with Crippen LogP contribution in [0.15, 0.2) is 54.6 Å². The number of carbonyl (C=O) groups is 1. The maximum atomic E-state index is 11.9. The number of aryl methyl sites for hydroxylation is 1. The van der Waals surface area contributed by atoms with Gasteiger partial charge >= 0.3 is 0 Å². The Morgan fingerprint density at radius 1 is 0.963 bits per heavy atom. The van der Waals surface area contributed by atoms with Gasteiger partial charge in [-0.2, -0.15) is 0 Å². The van der Waals surface area contributed by atoms with E-state index in [0.717, 1.165) is 42.8 Å². The molecular formula is C22H26N2O2S. The van der Waals surface area contributed by atoms with Crippen molar-refractivity contribution in [2.24, 2.45) is 0 Å². The second-order valence-electron chi connectivity index (χ2n) is 6.48. The number of fused-ring (bicyclic) bond motifs is 1. The zero-order valence-corrected chi connectivity index (χ0v) is 16.3. The van der Waals surface area contributed by atoms with Crippen LogP contribution in [0.1, 0.15) is 29.8 Å². The molecule has 5 heteroatoms. The highest BCUT2D eigenvalue weighted by atomic mass is 32.1. The van der Waals surface area contributed by atoms with Crippen LogP contribution in [-0.4, -0.2) is 30.6 Å². The summed E-state index contributed by atoms with van der Waals surface area (Å²) < 4.78 is 6.84. The second kappa shape index (κ2) is 10.8. The third kappa shape index (κ3) is 6.77. The van der Waals surface area contributed by atoms with Gasteiger partial charge in [-0.1, -0.05) is 42.5 Å². The summed E-state index contributed by atoms with van der Waals surface area (Å²) in [5.41, 5.74) is 2.34. The van der Waals surface area contributed by atoms with E-state index in [-0.39, 0.29) is 5.91 Å². The minimum Gasteiger partial charge on any atom is -0.381 e. The van der Waals surface area contributed by atoms with E-state index in [1.165, 1.54) is 10.3 Å². The van der Waals surface area contributed by atoms with Gasteiger partial charge in [-0.25, -0.2) is 4.98 Å². The monoisotopic (exact) mass is 382 g/mol. The predicted molar refractivity (Wildman–Crippen MR) is 111 cm³/mol. The molecule has 0 bridgehead atoms. The van der Waals surface area contributed by atoms with Crippen LogP contribution in [0.25, 0.3) is 10.2 Å². The van der Waals surface area contributed by atoms with Crippen LogP contribution in [0.3, 0.4) is 0 Å². The molecule has 3 aromatic rings. The summed E-state index contributed by atoms with van der Waals surface area (Å²) in [5, 5.41) is 4.08. The van der Waals surface area contributed by atoms with Crippen molar-refractivity contribution < 1.29 is 9.53 Å². The average Bonchev–Trinajstić information content (AvgIpc) is 3.11. The standard InChI is InChI=1S/C22H26N2O2S/c25-21(12-6-13-22-24-19-10-4-5-11-20(19)27-22)23-15-7-16-26-17-14-18-8-2-1-3-9-18/h1-5,8-11H,6-7,12-17H2,(H,23,25). The van der Waals surface area contributed by atoms with Crippen molar-refractivity contribution in [3.05, 3.63) is 65.2 Å². The zero-order chi connectivity index (χ0) is 18.7. The summed E-state index contributed by atoms with van der Waals surface area (Å²) in [6, 6.07) is 18.5. The summed E-state index contributed by atoms with van der Waals surface area (Å²) >= 11 is 1.72. The molecule has 1 aromatic heterocycles. The SMILES string of the molecule is O=C(CCCc1nc2ccccc2s1)NCCCOCCc1ccccc1. The Morgan fingerprint density at radius 2 is 1.78 bits per heavy atom. The van der Waals surface area contributed by atoms with E-state index < -0.39 is 0 Å². The smallest absolute Gasteiger partial charge is 0.220 e. The fraction of sp³-hybridized carbons (Fsp3) is 0.364. The lowest BCUT2D eigenvalue weighted by atomic mass is 10.2. The molecule has 1 heterocycles. The number of nitrogens with zero attached hydrogens (tertiary/aromatic N) is 1. The van der Waals surface area contributed by atoms with Crippen LogP contribution in [0.4, 0.5) is 0 Å². The zero-order valence-electron chi connectivity index (χ0n) is 15.5. The number of rotatable bonds is 11. The molecule has 0 aliphatic carbocycles. The Kier molecular flexibility index (Phi) is 7.81. The third-order valence-electron chi connectivity index (χ3n) is 4.30. The molecule has 27 heavy (non-hydrogen) atoms. The van der Waals surface area contributed by atoms with Gasteiger partial charge in [0.1, 0.15) is 0 Å². The van der Waals surface area contributed by atoms with Crippen molar-refractivity contribution in [1.82, 2.24) is 10.3 Å². The molecule has 0 fully saturated rings. The summed E-state index contributed by atoms with van der Waals surface area (Å²) in [6.07, 6.45) is 4.01. The molecule has 3 rings (SSSR count). The van der Waals surface area contributed by atoms with E-state index in [0.29, 0.717) is 19.6 Å². The van der Waals surface area contributed by atoms with Gasteiger partial charge in [0.2, 0.25) is 5.91 Å². The Morgan fingerprint density at radius 3 is 2.63 bits per heavy atom. The molecular weight excluding hydrogens is 356 g/mol. The van der Waals surface area contributed by atoms with Gasteiger partial charge in [0.25, 0.3) is 0 Å². The van der Waals surface area contributed by atoms with E-state index in [1.54, 1.807) is 11.3 Å². The minimum atomic E-state index is 0.111. The quantitative estimate of drug-likeness (QED) is 0.501. The van der Waals surface area contributed by atoms with Crippen molar-refractivity contribution in [1.29, 1.82) is 0 Å². The molecule has 0 aliphatic heterocycles. The maximum absolute atomic E-state index is 11.9. The van der Waals surface area contributed by atoms with Crippen LogP contribution in [0.5, 0.6) is 0 Å². The van der Waals surface area contributed by atoms with Crippen molar-refractivity contribution >= 4 is 27.5 Å². The minimum absolute atomic E-state index is 0.111. The first-order chi connectivity index (χ1) is 13.3. The van der Waals surface area contributed by atoms with Crippen LogP contribution in [-0.2, 0) is 22.4 Å². The highest BCUT2D eigenvalue weighted by Gasteiger charge is 2.05. The molecule has 1 amide bonds. The lowest BCUT2D eigenvalue weighted by Gasteiger charge is -2.06. The summed E-state index contributed by atoms with van der Waals surface area (Å²) in [6.45, 7) is 2.07. The first-order valence-corrected chi connectivity index (χ1v) is 10.4. The molecule has 0 spiro atoms. The number of aromatic nitrogens is 1. The fourth-order valence-electron chi connectivity index (χ4n) is 2.85. The number of carbonyl (C=O) groups excluding carboxylic acids is 1. The number of thiazole rings is 1. The van der Waals surface area contributed by atoms with Crippen molar-refractivity contribution in [2.75, 3.05) is 19.8 Å². The highest BCUT2D eigenvalue weighted by Crippen LogP contribution is 2.22. The molecule has 0 unspecified atom stereocenters. The maximum Gasteiger partial charge on any atom is 0.220 e. The van der Waals surface area contributed by atoms with Crippen LogP contribution < -0.4 is 5.32 Å². The number of para-hydroxylation sites is 1. The highest BCUT2D eigenvalue weighted by molar-refractivity contribution is 7.18. The molecule has 1 N–H and O–H groups in total. The van der Waals surface area contributed by atoms with Gasteiger partial charge in [0.05, 0.1) is 21.8 Å². The fourth-order valence-corrected chi connectivity index (χ4v) is 3.86. The number of nitrogens with one attached hydrogen (secondary N) is 1. The van der Waals surface area contributed by atoms with Crippen molar-refractivity contribution in [3.8, 4) is 0 Å². The Balaban J connectivity index is 1.20. The molecule has 0 atom stereocenters. The normalized spacial score (nSPS) is 11.0. The van der Waals surface area contributed by atoms with E-state index in [4.69, 9.17) is 4.74 Å². The lowest BCUT2D eigenvalue weighted by Crippen LogP contribution is -2.25. The van der Waals surface area contributed by atoms with Gasteiger partial charge in [0, 0.05) is 19.6 Å². The Labute approximate surface area is 164 Å². The topological polar surface area (TPSA) is 51.2 Å². The van der Waals surface area contributed by atoms with E-state index >= 15 is 0 Å². The van der Waals surface area contributed by atoms with Crippen LogP contribution >= 0.6 is 11.3 Å². The first-order valence-electron chi connectivity index (χ1n) is 9.54. The summed E-state index contributed by atoms with van der Waals surface area (Å²) in [5.74, 6) is 0.111. The van der Waals surface area contributed by atoms with Crippen molar-refractivity contribution in [2.45, 2.75) is 32.1 Å². The largest absolute Gasteiger partial charge is 0.381 e. The molecule has 4 nitrogen and oxygen atoms in total. The van der Waals surface area contributed by atoms with Crippen molar-refractivity contribution in [3.63, 3.8) is 0 Å².